The quantitative estimate of drug-likeness (QED) is 0.0891. The van der Waals surface area contributed by atoms with Crippen molar-refractivity contribution in [2.24, 2.45) is 0 Å². The topological polar surface area (TPSA) is 37.3 Å². The van der Waals surface area contributed by atoms with Gasteiger partial charge in [0.05, 0.1) is 0 Å². The van der Waals surface area contributed by atoms with E-state index in [1.54, 1.807) is 0 Å². The number of rotatable bonds is 31. The Kier molecular flexibility index (Phi) is 40.3. The molecule has 0 spiro atoms. The maximum Gasteiger partial charge on any atom is 0.303 e. The van der Waals surface area contributed by atoms with Crippen molar-refractivity contribution in [3.05, 3.63) is 0 Å². The van der Waals surface area contributed by atoms with Gasteiger partial charge in [-0.2, -0.15) is 0 Å². The number of hydrogen-bond donors (Lipinski definition) is 1. The fraction of sp³-hybridized carbons (Fsp3) is 0.972. The van der Waals surface area contributed by atoms with E-state index >= 15 is 0 Å². The van der Waals surface area contributed by atoms with Gasteiger partial charge in [0.15, 0.2) is 0 Å². The third-order valence-corrected chi connectivity index (χ3v) is 7.95. The fourth-order valence-corrected chi connectivity index (χ4v) is 5.27. The molecule has 0 rings (SSSR count). The number of aliphatic carboxylic acids is 1. The molecule has 0 aliphatic carbocycles. The van der Waals surface area contributed by atoms with E-state index in [1.165, 1.54) is 186 Å². The molecule has 0 fully saturated rings. The van der Waals surface area contributed by atoms with Crippen LogP contribution in [0, 0.1) is 0 Å². The van der Waals surface area contributed by atoms with Crippen LogP contribution in [0.1, 0.15) is 226 Å². The van der Waals surface area contributed by atoms with Crippen molar-refractivity contribution in [1.82, 2.24) is 0 Å². The highest BCUT2D eigenvalue weighted by atomic mass is 16.4. The minimum absolute atomic E-state index is 0.345. The molecule has 0 radical (unpaired) electrons. The van der Waals surface area contributed by atoms with E-state index in [0.29, 0.717) is 6.42 Å². The lowest BCUT2D eigenvalue weighted by molar-refractivity contribution is -0.137. The first-order valence-electron chi connectivity index (χ1n) is 17.9. The highest BCUT2D eigenvalue weighted by Crippen LogP contribution is 2.15. The Morgan fingerprint density at radius 2 is 0.474 bits per heavy atom. The molecule has 0 bridgehead atoms. The summed E-state index contributed by atoms with van der Waals surface area (Å²) < 4.78 is 0. The van der Waals surface area contributed by atoms with E-state index < -0.39 is 5.97 Å². The molecule has 0 aromatic heterocycles. The molecule has 2 heteroatoms. The first-order chi connectivity index (χ1) is 18.7. The number of unbranched alkanes of at least 4 members (excludes halogenated alkanes) is 29. The van der Waals surface area contributed by atoms with E-state index in [-0.39, 0.29) is 0 Å². The van der Waals surface area contributed by atoms with E-state index in [4.69, 9.17) is 5.11 Å². The summed E-state index contributed by atoms with van der Waals surface area (Å²) in [5.74, 6) is -0.655. The highest BCUT2D eigenvalue weighted by Gasteiger charge is 1.97. The smallest absolute Gasteiger partial charge is 0.303 e. The van der Waals surface area contributed by atoms with Gasteiger partial charge in [0, 0.05) is 6.42 Å². The Morgan fingerprint density at radius 3 is 0.632 bits per heavy atom. The second-order valence-corrected chi connectivity index (χ2v) is 12.0. The van der Waals surface area contributed by atoms with Gasteiger partial charge in [-0.1, -0.05) is 213 Å². The third-order valence-electron chi connectivity index (χ3n) is 7.95. The summed E-state index contributed by atoms with van der Waals surface area (Å²) in [6, 6.07) is 0. The minimum Gasteiger partial charge on any atom is -0.481 e. The standard InChI is InChI=1S/C21H44.C15H30O2/c1-3-5-7-9-11-13-15-17-19-21-20-18-16-14-12-10-8-6-4-2;1-2-3-4-5-6-7-8-9-10-11-12-13-14-15(16)17/h3-21H2,1-2H3;2-14H2,1H3,(H,16,17). The third kappa shape index (κ3) is 42.6. The van der Waals surface area contributed by atoms with Gasteiger partial charge in [0.2, 0.25) is 0 Å². The van der Waals surface area contributed by atoms with Gasteiger partial charge in [-0.25, -0.2) is 0 Å². The largest absolute Gasteiger partial charge is 0.481 e. The Morgan fingerprint density at radius 1 is 0.316 bits per heavy atom. The summed E-state index contributed by atoms with van der Waals surface area (Å²) >= 11 is 0. The zero-order chi connectivity index (χ0) is 28.2. The molecule has 0 aromatic rings. The predicted octanol–water partition coefficient (Wildman–Crippen LogP) is 13.6. The molecular weight excluding hydrogens is 464 g/mol. The normalized spacial score (nSPS) is 10.9. The maximum absolute atomic E-state index is 10.3. The Hall–Kier alpha value is -0.530. The van der Waals surface area contributed by atoms with Gasteiger partial charge in [-0.15, -0.1) is 0 Å². The molecule has 2 nitrogen and oxygen atoms in total. The lowest BCUT2D eigenvalue weighted by Gasteiger charge is -2.03. The van der Waals surface area contributed by atoms with Crippen LogP contribution in [0.15, 0.2) is 0 Å². The van der Waals surface area contributed by atoms with Crippen LogP contribution in [0.4, 0.5) is 0 Å². The minimum atomic E-state index is -0.655. The van der Waals surface area contributed by atoms with Crippen molar-refractivity contribution < 1.29 is 9.90 Å². The Bertz CT molecular complexity index is 388. The van der Waals surface area contributed by atoms with Gasteiger partial charge >= 0.3 is 5.97 Å². The summed E-state index contributed by atoms with van der Waals surface area (Å²) in [5.41, 5.74) is 0. The molecule has 0 unspecified atom stereocenters. The van der Waals surface area contributed by atoms with Crippen molar-refractivity contribution >= 4 is 5.97 Å². The van der Waals surface area contributed by atoms with E-state index in [9.17, 15) is 4.79 Å². The summed E-state index contributed by atoms with van der Waals surface area (Å²) in [5, 5.41) is 8.47. The van der Waals surface area contributed by atoms with E-state index in [2.05, 4.69) is 20.8 Å². The second-order valence-electron chi connectivity index (χ2n) is 12.0. The summed E-state index contributed by atoms with van der Waals surface area (Å²) in [6.07, 6.45) is 43.7. The monoisotopic (exact) mass is 539 g/mol. The van der Waals surface area contributed by atoms with Crippen LogP contribution < -0.4 is 0 Å². The lowest BCUT2D eigenvalue weighted by atomic mass is 10.0. The van der Waals surface area contributed by atoms with Crippen LogP contribution in [-0.4, -0.2) is 11.1 Å². The lowest BCUT2D eigenvalue weighted by Crippen LogP contribution is -1.93. The molecule has 1 N–H and O–H groups in total. The number of carbonyl (C=O) groups is 1. The Balaban J connectivity index is 0. The van der Waals surface area contributed by atoms with Gasteiger partial charge in [-0.05, 0) is 6.42 Å². The van der Waals surface area contributed by atoms with Crippen LogP contribution in [0.2, 0.25) is 0 Å². The summed E-state index contributed by atoms with van der Waals surface area (Å²) in [4.78, 5) is 10.3. The van der Waals surface area contributed by atoms with Crippen LogP contribution in [0.5, 0.6) is 0 Å². The van der Waals surface area contributed by atoms with Crippen LogP contribution in [0.3, 0.4) is 0 Å². The SMILES string of the molecule is CCCCCCCCCCCCCCC(=O)O.CCCCCCCCCCCCCCCCCCCCC. The summed E-state index contributed by atoms with van der Waals surface area (Å²) in [6.45, 7) is 6.85. The zero-order valence-corrected chi connectivity index (χ0v) is 27.0. The number of hydrogen-bond acceptors (Lipinski definition) is 1. The average molecular weight is 539 g/mol. The fourth-order valence-electron chi connectivity index (χ4n) is 5.27. The molecule has 0 saturated heterocycles. The van der Waals surface area contributed by atoms with Crippen molar-refractivity contribution in [2.45, 2.75) is 226 Å². The van der Waals surface area contributed by atoms with E-state index in [1.807, 2.05) is 0 Å². The molecule has 0 heterocycles. The van der Waals surface area contributed by atoms with Crippen molar-refractivity contribution in [3.8, 4) is 0 Å². The zero-order valence-electron chi connectivity index (χ0n) is 27.0. The molecule has 0 aliphatic heterocycles. The van der Waals surface area contributed by atoms with Crippen molar-refractivity contribution in [2.75, 3.05) is 0 Å². The second kappa shape index (κ2) is 38.6. The first kappa shape index (κ1) is 39.6. The molecule has 0 aromatic carbocycles. The highest BCUT2D eigenvalue weighted by molar-refractivity contribution is 5.66. The maximum atomic E-state index is 10.3. The van der Waals surface area contributed by atoms with Gasteiger partial charge < -0.3 is 5.11 Å². The molecule has 38 heavy (non-hydrogen) atoms. The molecule has 0 saturated carbocycles. The Labute approximate surface area is 241 Å². The van der Waals surface area contributed by atoms with Gasteiger partial charge in [0.1, 0.15) is 0 Å². The molecule has 230 valence electrons. The molecular formula is C36H74O2. The van der Waals surface area contributed by atoms with Crippen LogP contribution >= 0.6 is 0 Å². The number of carboxylic acids is 1. The predicted molar refractivity (Wildman–Crippen MR) is 172 cm³/mol. The van der Waals surface area contributed by atoms with E-state index in [0.717, 1.165) is 12.8 Å². The van der Waals surface area contributed by atoms with Crippen molar-refractivity contribution in [3.63, 3.8) is 0 Å². The first-order valence-corrected chi connectivity index (χ1v) is 17.9. The summed E-state index contributed by atoms with van der Waals surface area (Å²) in [7, 11) is 0. The average Bonchev–Trinajstić information content (AvgIpc) is 2.91. The number of carboxylic acid groups (broad SMARTS) is 1. The molecule has 0 amide bonds. The van der Waals surface area contributed by atoms with Crippen LogP contribution in [-0.2, 0) is 4.79 Å². The molecule has 0 aliphatic rings. The van der Waals surface area contributed by atoms with Crippen molar-refractivity contribution in [1.29, 1.82) is 0 Å². The molecule has 0 atom stereocenters. The van der Waals surface area contributed by atoms with Gasteiger partial charge in [0.25, 0.3) is 0 Å². The van der Waals surface area contributed by atoms with Crippen LogP contribution in [0.25, 0.3) is 0 Å². The van der Waals surface area contributed by atoms with Gasteiger partial charge in [-0.3, -0.25) is 4.79 Å².